The number of carbonyl (C=O) groups excluding carboxylic acids is 1. The van der Waals surface area contributed by atoms with Gasteiger partial charge < -0.3 is 5.32 Å². The van der Waals surface area contributed by atoms with Crippen molar-refractivity contribution < 1.29 is 13.6 Å². The van der Waals surface area contributed by atoms with E-state index in [1.807, 2.05) is 0 Å². The Bertz CT molecular complexity index is 624. The summed E-state index contributed by atoms with van der Waals surface area (Å²) in [5, 5.41) is 2.49. The average molecular weight is 341 g/mol. The number of hydrogen-bond acceptors (Lipinski definition) is 2. The molecule has 1 N–H and O–H groups in total. The highest BCUT2D eigenvalue weighted by Crippen LogP contribution is 2.27. The minimum absolute atomic E-state index is 0.0944. The molecule has 104 valence electrons. The smallest absolute Gasteiger partial charge is 0.270 e. The van der Waals surface area contributed by atoms with Crippen LogP contribution in [0.1, 0.15) is 22.8 Å². The number of carbonyl (C=O) groups is 1. The second-order valence-corrected chi connectivity index (χ2v) is 5.19. The van der Waals surface area contributed by atoms with E-state index in [4.69, 9.17) is 0 Å². The Balaban J connectivity index is 2.18. The lowest BCUT2D eigenvalue weighted by Gasteiger charge is -2.11. The van der Waals surface area contributed by atoms with Gasteiger partial charge in [-0.05, 0) is 36.4 Å². The van der Waals surface area contributed by atoms with Crippen molar-refractivity contribution in [2.75, 3.05) is 5.32 Å². The molecule has 1 heterocycles. The lowest BCUT2D eigenvalue weighted by molar-refractivity contribution is 0.0174. The van der Waals surface area contributed by atoms with Crippen molar-refractivity contribution in [1.29, 1.82) is 0 Å². The molecule has 0 atom stereocenters. The Kier molecular flexibility index (Phi) is 4.13. The van der Waals surface area contributed by atoms with E-state index in [9.17, 15) is 13.6 Å². The van der Waals surface area contributed by atoms with Gasteiger partial charge in [0.2, 0.25) is 0 Å². The first-order valence-electron chi connectivity index (χ1n) is 5.77. The van der Waals surface area contributed by atoms with Gasteiger partial charge in [-0.2, -0.15) is 0 Å². The van der Waals surface area contributed by atoms with Crippen LogP contribution in [0.25, 0.3) is 0 Å². The first kappa shape index (κ1) is 14.6. The predicted molar refractivity (Wildman–Crippen MR) is 75.9 cm³/mol. The summed E-state index contributed by atoms with van der Waals surface area (Å²) in [4.78, 5) is 15.8. The lowest BCUT2D eigenvalue weighted by atomic mass is 10.1. The SMILES string of the molecule is CC(F)(F)c1ccnc(NC(=O)c2ccc(Br)cc2)c1. The number of pyridine rings is 1. The van der Waals surface area contributed by atoms with Crippen molar-refractivity contribution in [3.05, 3.63) is 58.2 Å². The van der Waals surface area contributed by atoms with E-state index in [0.717, 1.165) is 17.5 Å². The molecule has 0 aliphatic rings. The maximum Gasteiger partial charge on any atom is 0.270 e. The first-order valence-corrected chi connectivity index (χ1v) is 6.57. The van der Waals surface area contributed by atoms with Crippen molar-refractivity contribution in [3.8, 4) is 0 Å². The number of aromatic nitrogens is 1. The second kappa shape index (κ2) is 5.66. The van der Waals surface area contributed by atoms with Crippen molar-refractivity contribution in [2.24, 2.45) is 0 Å². The summed E-state index contributed by atoms with van der Waals surface area (Å²) >= 11 is 3.27. The van der Waals surface area contributed by atoms with Crippen LogP contribution in [0.5, 0.6) is 0 Å². The molecule has 0 aliphatic heterocycles. The van der Waals surface area contributed by atoms with E-state index in [0.29, 0.717) is 5.56 Å². The minimum Gasteiger partial charge on any atom is -0.307 e. The van der Waals surface area contributed by atoms with Crippen LogP contribution in [0.3, 0.4) is 0 Å². The first-order chi connectivity index (χ1) is 9.36. The van der Waals surface area contributed by atoms with Gasteiger partial charge in [0.15, 0.2) is 0 Å². The molecule has 0 saturated heterocycles. The van der Waals surface area contributed by atoms with Crippen LogP contribution in [0.15, 0.2) is 47.1 Å². The van der Waals surface area contributed by atoms with E-state index in [1.54, 1.807) is 24.3 Å². The number of rotatable bonds is 3. The highest BCUT2D eigenvalue weighted by molar-refractivity contribution is 9.10. The van der Waals surface area contributed by atoms with Crippen LogP contribution in [-0.2, 0) is 5.92 Å². The molecule has 1 amide bonds. The zero-order chi connectivity index (χ0) is 14.8. The summed E-state index contributed by atoms with van der Waals surface area (Å²) in [6, 6.07) is 9.07. The fraction of sp³-hybridized carbons (Fsp3) is 0.143. The summed E-state index contributed by atoms with van der Waals surface area (Å²) in [6.07, 6.45) is 1.24. The monoisotopic (exact) mass is 340 g/mol. The van der Waals surface area contributed by atoms with E-state index in [-0.39, 0.29) is 11.4 Å². The van der Waals surface area contributed by atoms with Gasteiger partial charge in [-0.15, -0.1) is 0 Å². The Morgan fingerprint density at radius 2 is 1.90 bits per heavy atom. The Labute approximate surface area is 123 Å². The highest BCUT2D eigenvalue weighted by Gasteiger charge is 2.24. The van der Waals surface area contributed by atoms with E-state index in [2.05, 4.69) is 26.2 Å². The van der Waals surface area contributed by atoms with Crippen molar-refractivity contribution >= 4 is 27.7 Å². The third kappa shape index (κ3) is 3.60. The maximum absolute atomic E-state index is 13.2. The van der Waals surface area contributed by atoms with Crippen molar-refractivity contribution in [1.82, 2.24) is 4.98 Å². The molecule has 2 aromatic rings. The van der Waals surface area contributed by atoms with Gasteiger partial charge in [0.1, 0.15) is 5.82 Å². The van der Waals surface area contributed by atoms with Gasteiger partial charge in [0, 0.05) is 28.7 Å². The molecule has 1 aromatic heterocycles. The standard InChI is InChI=1S/C14H11BrF2N2O/c1-14(16,17)10-6-7-18-12(8-10)19-13(20)9-2-4-11(15)5-3-9/h2-8H,1H3,(H,18,19,20). The van der Waals surface area contributed by atoms with E-state index in [1.165, 1.54) is 12.3 Å². The molecule has 6 heteroatoms. The number of halogens is 3. The Morgan fingerprint density at radius 1 is 1.25 bits per heavy atom. The lowest BCUT2D eigenvalue weighted by Crippen LogP contribution is -2.14. The molecule has 2 rings (SSSR count). The largest absolute Gasteiger partial charge is 0.307 e. The number of nitrogens with one attached hydrogen (secondary N) is 1. The molecule has 1 aromatic carbocycles. The zero-order valence-electron chi connectivity index (χ0n) is 10.5. The number of nitrogens with zero attached hydrogens (tertiary/aromatic N) is 1. The average Bonchev–Trinajstić information content (AvgIpc) is 2.38. The van der Waals surface area contributed by atoms with E-state index < -0.39 is 11.8 Å². The highest BCUT2D eigenvalue weighted by atomic mass is 79.9. The number of anilines is 1. The summed E-state index contributed by atoms with van der Waals surface area (Å²) in [6.45, 7) is 0.794. The summed E-state index contributed by atoms with van der Waals surface area (Å²) in [5.41, 5.74) is 0.224. The maximum atomic E-state index is 13.2. The fourth-order valence-electron chi connectivity index (χ4n) is 1.56. The normalized spacial score (nSPS) is 11.2. The van der Waals surface area contributed by atoms with Crippen LogP contribution in [0, 0.1) is 0 Å². The van der Waals surface area contributed by atoms with Gasteiger partial charge in [0.05, 0.1) is 0 Å². The fourth-order valence-corrected chi connectivity index (χ4v) is 1.83. The molecule has 0 fully saturated rings. The molecule has 0 bridgehead atoms. The molecule has 0 radical (unpaired) electrons. The minimum atomic E-state index is -2.97. The van der Waals surface area contributed by atoms with Crippen LogP contribution < -0.4 is 5.32 Å². The number of hydrogen-bond donors (Lipinski definition) is 1. The van der Waals surface area contributed by atoms with Gasteiger partial charge in [-0.3, -0.25) is 4.79 Å². The molecular formula is C14H11BrF2N2O. The van der Waals surface area contributed by atoms with Gasteiger partial charge in [-0.25, -0.2) is 13.8 Å². The number of amides is 1. The second-order valence-electron chi connectivity index (χ2n) is 4.28. The molecular weight excluding hydrogens is 330 g/mol. The summed E-state index contributed by atoms with van der Waals surface area (Å²) in [7, 11) is 0. The third-order valence-corrected chi connectivity index (χ3v) is 3.14. The van der Waals surface area contributed by atoms with Crippen LogP contribution in [0.4, 0.5) is 14.6 Å². The number of benzene rings is 1. The van der Waals surface area contributed by atoms with Gasteiger partial charge in [-0.1, -0.05) is 15.9 Å². The number of alkyl halides is 2. The van der Waals surface area contributed by atoms with E-state index >= 15 is 0 Å². The van der Waals surface area contributed by atoms with Gasteiger partial charge >= 0.3 is 0 Å². The Morgan fingerprint density at radius 3 is 2.50 bits per heavy atom. The molecule has 3 nitrogen and oxygen atoms in total. The van der Waals surface area contributed by atoms with Crippen molar-refractivity contribution in [2.45, 2.75) is 12.8 Å². The molecule has 0 spiro atoms. The summed E-state index contributed by atoms with van der Waals surface area (Å²) < 4.78 is 27.2. The molecule has 20 heavy (non-hydrogen) atoms. The third-order valence-electron chi connectivity index (χ3n) is 2.61. The molecule has 0 aliphatic carbocycles. The quantitative estimate of drug-likeness (QED) is 0.909. The Hall–Kier alpha value is -1.82. The van der Waals surface area contributed by atoms with Gasteiger partial charge in [0.25, 0.3) is 11.8 Å². The van der Waals surface area contributed by atoms with Crippen molar-refractivity contribution in [3.63, 3.8) is 0 Å². The van der Waals surface area contributed by atoms with Crippen LogP contribution >= 0.6 is 15.9 Å². The topological polar surface area (TPSA) is 42.0 Å². The van der Waals surface area contributed by atoms with Crippen LogP contribution in [0.2, 0.25) is 0 Å². The molecule has 0 saturated carbocycles. The molecule has 0 unspecified atom stereocenters. The zero-order valence-corrected chi connectivity index (χ0v) is 12.1. The summed E-state index contributed by atoms with van der Waals surface area (Å²) in [5.74, 6) is -3.28. The predicted octanol–water partition coefficient (Wildman–Crippen LogP) is 4.21. The van der Waals surface area contributed by atoms with Crippen LogP contribution in [-0.4, -0.2) is 10.9 Å².